The topological polar surface area (TPSA) is 148 Å². The predicted molar refractivity (Wildman–Crippen MR) is 144 cm³/mol. The molecule has 2 amide bonds. The summed E-state index contributed by atoms with van der Waals surface area (Å²) in [6.45, 7) is 6.32. The van der Waals surface area contributed by atoms with Crippen LogP contribution in [0.3, 0.4) is 0 Å². The molecule has 0 spiro atoms. The number of amides is 2. The molecule has 6 N–H and O–H groups in total. The average Bonchev–Trinajstić information content (AvgIpc) is 3.72. The summed E-state index contributed by atoms with van der Waals surface area (Å²) < 4.78 is 0. The molecule has 2 aromatic heterocycles. The highest BCUT2D eigenvalue weighted by atomic mass is 16.2. The maximum atomic E-state index is 12.7. The van der Waals surface area contributed by atoms with E-state index in [4.69, 9.17) is 11.5 Å². The molecule has 186 valence electrons. The molecule has 0 saturated heterocycles. The molecule has 2 heterocycles. The van der Waals surface area contributed by atoms with E-state index in [1.54, 1.807) is 42.8 Å². The number of rotatable bonds is 10. The molecule has 3 rings (SSSR count). The zero-order valence-corrected chi connectivity index (χ0v) is 20.5. The second-order valence-electron chi connectivity index (χ2n) is 8.33. The molecule has 1 saturated carbocycles. The van der Waals surface area contributed by atoms with Crippen LogP contribution in [-0.2, 0) is 4.79 Å². The fourth-order valence-electron chi connectivity index (χ4n) is 3.31. The van der Waals surface area contributed by atoms with Gasteiger partial charge in [0.2, 0.25) is 0 Å². The number of nitrogens with zero attached hydrogens (tertiary/aromatic N) is 3. The Bertz CT molecular complexity index is 1270. The monoisotopic (exact) mass is 485 g/mol. The van der Waals surface area contributed by atoms with Crippen LogP contribution in [0, 0.1) is 12.8 Å². The van der Waals surface area contributed by atoms with Crippen LogP contribution in [0.5, 0.6) is 0 Å². The fraction of sp³-hybridized carbons (Fsp3) is 0.222. The Balaban J connectivity index is 1.80. The van der Waals surface area contributed by atoms with Crippen LogP contribution in [0.2, 0.25) is 0 Å². The first-order chi connectivity index (χ1) is 17.4. The Morgan fingerprint density at radius 2 is 2.06 bits per heavy atom. The van der Waals surface area contributed by atoms with Gasteiger partial charge in [0, 0.05) is 54.7 Å². The van der Waals surface area contributed by atoms with Gasteiger partial charge in [-0.2, -0.15) is 0 Å². The number of nitrogens with one attached hydrogen (secondary N) is 2. The van der Waals surface area contributed by atoms with E-state index in [1.807, 2.05) is 6.92 Å². The standard InChI is InChI=1S/C27H31N7O2/c1-4-19(7-9-31-15-18-5-6-18)26(35)34-22-13-23(17(2)33-16-22)24(29)11-21(14-28)20-8-10-32-25(12-20)27(36)30-3/h4,7-14,16,18H,1,5-6,15,28-29H2,2-3H3,(H,30,36)(H,34,35)/b19-7+,21-14+,24-11-,31-9?. The molecule has 0 bridgehead atoms. The van der Waals surface area contributed by atoms with E-state index in [0.717, 1.165) is 6.54 Å². The summed E-state index contributed by atoms with van der Waals surface area (Å²) >= 11 is 0. The first-order valence-electron chi connectivity index (χ1n) is 11.5. The van der Waals surface area contributed by atoms with Crippen LogP contribution in [0.1, 0.15) is 40.2 Å². The third kappa shape index (κ3) is 6.99. The van der Waals surface area contributed by atoms with Gasteiger partial charge in [-0.3, -0.25) is 24.5 Å². The maximum Gasteiger partial charge on any atom is 0.269 e. The van der Waals surface area contributed by atoms with Gasteiger partial charge in [0.05, 0.1) is 11.9 Å². The van der Waals surface area contributed by atoms with Crippen molar-refractivity contribution in [3.63, 3.8) is 0 Å². The van der Waals surface area contributed by atoms with Crippen LogP contribution in [0.15, 0.2) is 72.2 Å². The minimum Gasteiger partial charge on any atom is -0.404 e. The third-order valence-electron chi connectivity index (χ3n) is 5.60. The molecule has 0 aliphatic heterocycles. The first-order valence-corrected chi connectivity index (χ1v) is 11.5. The van der Waals surface area contributed by atoms with Gasteiger partial charge in [0.25, 0.3) is 11.8 Å². The van der Waals surface area contributed by atoms with Gasteiger partial charge < -0.3 is 22.1 Å². The van der Waals surface area contributed by atoms with Crippen molar-refractivity contribution >= 4 is 35.0 Å². The molecule has 9 heteroatoms. The highest BCUT2D eigenvalue weighted by Gasteiger charge is 2.19. The summed E-state index contributed by atoms with van der Waals surface area (Å²) in [5.74, 6) is 0.0381. The number of hydrogen-bond acceptors (Lipinski definition) is 7. The lowest BCUT2D eigenvalue weighted by Crippen LogP contribution is -2.19. The zero-order valence-electron chi connectivity index (χ0n) is 20.5. The molecule has 0 aromatic carbocycles. The normalized spacial score (nSPS) is 14.6. The van der Waals surface area contributed by atoms with Crippen LogP contribution in [-0.4, -0.2) is 41.6 Å². The van der Waals surface area contributed by atoms with Crippen molar-refractivity contribution in [1.82, 2.24) is 15.3 Å². The Kier molecular flexibility index (Phi) is 8.88. The number of hydrogen-bond donors (Lipinski definition) is 4. The summed E-state index contributed by atoms with van der Waals surface area (Å²) in [5, 5.41) is 5.37. The molecule has 0 unspecified atom stereocenters. The summed E-state index contributed by atoms with van der Waals surface area (Å²) in [5.41, 5.74) is 16.3. The van der Waals surface area contributed by atoms with Crippen LogP contribution >= 0.6 is 0 Å². The Labute approximate surface area is 210 Å². The van der Waals surface area contributed by atoms with Crippen molar-refractivity contribution in [1.29, 1.82) is 0 Å². The molecule has 0 radical (unpaired) electrons. The first kappa shape index (κ1) is 26.1. The fourth-order valence-corrected chi connectivity index (χ4v) is 3.31. The number of allylic oxidation sites excluding steroid dienone is 3. The van der Waals surface area contributed by atoms with Crippen molar-refractivity contribution in [2.24, 2.45) is 22.4 Å². The SMILES string of the molecule is C=C/C(=C\C=NCC1CC1)C(=O)Nc1cnc(C)c(/C(N)=C/C(=C\N)c2ccnc(C(=O)NC)c2)c1. The Morgan fingerprint density at radius 1 is 1.28 bits per heavy atom. The molecule has 1 aliphatic rings. The van der Waals surface area contributed by atoms with E-state index in [1.165, 1.54) is 38.4 Å². The van der Waals surface area contributed by atoms with E-state index in [0.29, 0.717) is 45.3 Å². The highest BCUT2D eigenvalue weighted by Crippen LogP contribution is 2.28. The smallest absolute Gasteiger partial charge is 0.269 e. The second kappa shape index (κ2) is 12.3. The quantitative estimate of drug-likeness (QED) is 0.231. The summed E-state index contributed by atoms with van der Waals surface area (Å²) in [6.07, 6.45) is 13.4. The van der Waals surface area contributed by atoms with Gasteiger partial charge in [-0.05, 0) is 67.2 Å². The molecular formula is C27H31N7O2. The van der Waals surface area contributed by atoms with E-state index in [-0.39, 0.29) is 17.5 Å². The number of pyridine rings is 2. The van der Waals surface area contributed by atoms with Crippen molar-refractivity contribution in [2.75, 3.05) is 18.9 Å². The van der Waals surface area contributed by atoms with Gasteiger partial charge in [0.15, 0.2) is 0 Å². The average molecular weight is 486 g/mol. The number of carbonyl (C=O) groups is 2. The van der Waals surface area contributed by atoms with Gasteiger partial charge in [0.1, 0.15) is 5.69 Å². The lowest BCUT2D eigenvalue weighted by Gasteiger charge is -2.11. The van der Waals surface area contributed by atoms with Gasteiger partial charge in [-0.25, -0.2) is 0 Å². The number of carbonyl (C=O) groups excluding carboxylic acids is 2. The van der Waals surface area contributed by atoms with Crippen LogP contribution in [0.25, 0.3) is 11.3 Å². The molecule has 36 heavy (non-hydrogen) atoms. The molecule has 2 aromatic rings. The van der Waals surface area contributed by atoms with Crippen molar-refractivity contribution in [3.05, 3.63) is 89.7 Å². The molecular weight excluding hydrogens is 454 g/mol. The predicted octanol–water partition coefficient (Wildman–Crippen LogP) is 2.98. The lowest BCUT2D eigenvalue weighted by atomic mass is 10.0. The minimum atomic E-state index is -0.330. The summed E-state index contributed by atoms with van der Waals surface area (Å²) in [4.78, 5) is 37.4. The van der Waals surface area contributed by atoms with Crippen molar-refractivity contribution in [2.45, 2.75) is 19.8 Å². The van der Waals surface area contributed by atoms with E-state index in [9.17, 15) is 9.59 Å². The molecule has 1 aliphatic carbocycles. The van der Waals surface area contributed by atoms with E-state index in [2.05, 4.69) is 32.2 Å². The number of anilines is 1. The van der Waals surface area contributed by atoms with Crippen molar-refractivity contribution < 1.29 is 9.59 Å². The Hall–Kier alpha value is -4.53. The van der Waals surface area contributed by atoms with Crippen molar-refractivity contribution in [3.8, 4) is 0 Å². The van der Waals surface area contributed by atoms with Gasteiger partial charge in [-0.15, -0.1) is 0 Å². The number of nitrogens with two attached hydrogens (primary N) is 2. The highest BCUT2D eigenvalue weighted by molar-refractivity contribution is 6.08. The number of aliphatic imine (C=N–C) groups is 1. The summed E-state index contributed by atoms with van der Waals surface area (Å²) in [7, 11) is 1.53. The molecule has 9 nitrogen and oxygen atoms in total. The molecule has 1 fully saturated rings. The van der Waals surface area contributed by atoms with Crippen LogP contribution in [0.4, 0.5) is 5.69 Å². The zero-order chi connectivity index (χ0) is 26.1. The molecule has 0 atom stereocenters. The van der Waals surface area contributed by atoms with E-state index >= 15 is 0 Å². The largest absolute Gasteiger partial charge is 0.404 e. The van der Waals surface area contributed by atoms with E-state index < -0.39 is 0 Å². The minimum absolute atomic E-state index is 0.257. The third-order valence-corrected chi connectivity index (χ3v) is 5.60. The van der Waals surface area contributed by atoms with Gasteiger partial charge >= 0.3 is 0 Å². The van der Waals surface area contributed by atoms with Crippen LogP contribution < -0.4 is 22.1 Å². The Morgan fingerprint density at radius 3 is 2.72 bits per heavy atom. The lowest BCUT2D eigenvalue weighted by molar-refractivity contribution is -0.112. The number of aryl methyl sites for hydroxylation is 1. The maximum absolute atomic E-state index is 12.7. The second-order valence-corrected chi connectivity index (χ2v) is 8.33. The van der Waals surface area contributed by atoms with Gasteiger partial charge in [-0.1, -0.05) is 12.7 Å². The summed E-state index contributed by atoms with van der Waals surface area (Å²) in [6, 6.07) is 5.10. The number of aromatic nitrogens is 2.